The summed E-state index contributed by atoms with van der Waals surface area (Å²) in [5, 5.41) is 4.81. The Balaban J connectivity index is 1.83. The van der Waals surface area contributed by atoms with Gasteiger partial charge in [0.25, 0.3) is 5.91 Å². The fraction of sp³-hybridized carbons (Fsp3) is 0.217. The minimum absolute atomic E-state index is 0.370. The van der Waals surface area contributed by atoms with Gasteiger partial charge < -0.3 is 14.0 Å². The van der Waals surface area contributed by atoms with E-state index in [2.05, 4.69) is 15.1 Å². The molecule has 0 radical (unpaired) electrons. The van der Waals surface area contributed by atoms with E-state index in [4.69, 9.17) is 21.1 Å². The summed E-state index contributed by atoms with van der Waals surface area (Å²) >= 11 is 6.19. The highest BCUT2D eigenvalue weighted by Crippen LogP contribution is 2.26. The highest BCUT2D eigenvalue weighted by molar-refractivity contribution is 6.30. The molecular formula is C23H24ClN3O3. The van der Waals surface area contributed by atoms with E-state index < -0.39 is 0 Å². The van der Waals surface area contributed by atoms with Gasteiger partial charge in [0.15, 0.2) is 0 Å². The molecule has 0 atom stereocenters. The van der Waals surface area contributed by atoms with Gasteiger partial charge in [-0.3, -0.25) is 4.79 Å². The largest absolute Gasteiger partial charge is 0.497 e. The van der Waals surface area contributed by atoms with Crippen molar-refractivity contribution in [3.05, 3.63) is 75.6 Å². The van der Waals surface area contributed by atoms with Gasteiger partial charge in [0.2, 0.25) is 0 Å². The Morgan fingerprint density at radius 3 is 2.53 bits per heavy atom. The van der Waals surface area contributed by atoms with Crippen LogP contribution in [0.1, 0.15) is 32.9 Å². The van der Waals surface area contributed by atoms with Crippen LogP contribution >= 0.6 is 11.6 Å². The van der Waals surface area contributed by atoms with E-state index in [-0.39, 0.29) is 5.91 Å². The number of ether oxygens (including phenoxy) is 2. The van der Waals surface area contributed by atoms with Crippen LogP contribution in [0.4, 0.5) is 0 Å². The molecule has 0 aliphatic carbocycles. The molecule has 6 nitrogen and oxygen atoms in total. The Hall–Kier alpha value is -3.25. The maximum atomic E-state index is 12.5. The first-order valence-corrected chi connectivity index (χ1v) is 9.74. The molecule has 0 unspecified atom stereocenters. The molecule has 3 aromatic rings. The van der Waals surface area contributed by atoms with Crippen molar-refractivity contribution >= 4 is 23.7 Å². The standard InChI is InChI=1S/C23H24ClN3O3/c1-14-6-7-18(24)11-21(14)27-15(2)10-17(16(27)3)13-25-26-23(28)20-9-8-19(29-4)12-22(20)30-5/h6-13H,1-5H3,(H,26,28). The number of nitrogens with zero attached hydrogens (tertiary/aromatic N) is 2. The van der Waals surface area contributed by atoms with Crippen molar-refractivity contribution in [2.75, 3.05) is 14.2 Å². The summed E-state index contributed by atoms with van der Waals surface area (Å²) < 4.78 is 12.6. The van der Waals surface area contributed by atoms with E-state index in [9.17, 15) is 4.79 Å². The summed E-state index contributed by atoms with van der Waals surface area (Å²) in [4.78, 5) is 12.5. The number of carbonyl (C=O) groups is 1. The number of rotatable bonds is 6. The van der Waals surface area contributed by atoms with Gasteiger partial charge in [0.05, 0.1) is 26.0 Å². The predicted octanol–water partition coefficient (Wildman–Crippen LogP) is 4.84. The first-order valence-electron chi connectivity index (χ1n) is 9.36. The average Bonchev–Trinajstić information content (AvgIpc) is 3.02. The topological polar surface area (TPSA) is 64.8 Å². The van der Waals surface area contributed by atoms with E-state index in [0.29, 0.717) is 22.1 Å². The molecular weight excluding hydrogens is 402 g/mol. The zero-order valence-corrected chi connectivity index (χ0v) is 18.4. The summed E-state index contributed by atoms with van der Waals surface area (Å²) in [6.45, 7) is 6.06. The van der Waals surface area contributed by atoms with Crippen molar-refractivity contribution in [1.82, 2.24) is 9.99 Å². The zero-order chi connectivity index (χ0) is 21.8. The van der Waals surface area contributed by atoms with Gasteiger partial charge in [0.1, 0.15) is 11.5 Å². The number of nitrogens with one attached hydrogen (secondary N) is 1. The van der Waals surface area contributed by atoms with Crippen LogP contribution in [0.15, 0.2) is 47.6 Å². The molecule has 0 bridgehead atoms. The van der Waals surface area contributed by atoms with E-state index in [1.807, 2.05) is 45.0 Å². The van der Waals surface area contributed by atoms with Crippen LogP contribution in [0.25, 0.3) is 5.69 Å². The fourth-order valence-corrected chi connectivity index (χ4v) is 3.49. The Kier molecular flexibility index (Phi) is 6.47. The van der Waals surface area contributed by atoms with Crippen molar-refractivity contribution in [3.8, 4) is 17.2 Å². The molecule has 156 valence electrons. The molecule has 0 saturated heterocycles. The van der Waals surface area contributed by atoms with Gasteiger partial charge in [-0.05, 0) is 56.7 Å². The first kappa shape index (κ1) is 21.5. The van der Waals surface area contributed by atoms with Crippen LogP contribution in [0.3, 0.4) is 0 Å². The molecule has 0 saturated carbocycles. The second-order valence-electron chi connectivity index (χ2n) is 6.86. The molecule has 7 heteroatoms. The molecule has 30 heavy (non-hydrogen) atoms. The van der Waals surface area contributed by atoms with Crippen LogP contribution in [-0.2, 0) is 0 Å². The molecule has 1 aromatic heterocycles. The summed E-state index contributed by atoms with van der Waals surface area (Å²) in [7, 11) is 3.06. The number of hydrazone groups is 1. The van der Waals surface area contributed by atoms with Gasteiger partial charge in [-0.2, -0.15) is 5.10 Å². The van der Waals surface area contributed by atoms with Gasteiger partial charge in [0, 0.05) is 33.7 Å². The number of benzene rings is 2. The van der Waals surface area contributed by atoms with Crippen molar-refractivity contribution in [1.29, 1.82) is 0 Å². The SMILES string of the molecule is COc1ccc(C(=O)NN=Cc2cc(C)n(-c3cc(Cl)ccc3C)c2C)c(OC)c1. The second kappa shape index (κ2) is 9.05. The predicted molar refractivity (Wildman–Crippen MR) is 120 cm³/mol. The number of aromatic nitrogens is 1. The third kappa shape index (κ3) is 4.33. The summed E-state index contributed by atoms with van der Waals surface area (Å²) in [6, 6.07) is 12.8. The first-order chi connectivity index (χ1) is 14.3. The third-order valence-electron chi connectivity index (χ3n) is 4.91. The smallest absolute Gasteiger partial charge is 0.275 e. The second-order valence-corrected chi connectivity index (χ2v) is 7.29. The van der Waals surface area contributed by atoms with E-state index >= 15 is 0 Å². The van der Waals surface area contributed by atoms with Crippen LogP contribution in [0, 0.1) is 20.8 Å². The number of aryl methyl sites for hydroxylation is 2. The maximum Gasteiger partial charge on any atom is 0.275 e. The summed E-state index contributed by atoms with van der Waals surface area (Å²) in [5.74, 6) is 0.651. The number of carbonyl (C=O) groups excluding carboxylic acids is 1. The number of halogens is 1. The zero-order valence-electron chi connectivity index (χ0n) is 17.6. The minimum atomic E-state index is -0.370. The van der Waals surface area contributed by atoms with Gasteiger partial charge in [-0.15, -0.1) is 0 Å². The van der Waals surface area contributed by atoms with Crippen LogP contribution < -0.4 is 14.9 Å². The van der Waals surface area contributed by atoms with Crippen molar-refractivity contribution < 1.29 is 14.3 Å². The number of amides is 1. The Morgan fingerprint density at radius 1 is 1.07 bits per heavy atom. The maximum absolute atomic E-state index is 12.5. The van der Waals surface area contributed by atoms with E-state index in [1.54, 1.807) is 31.5 Å². The number of hydrogen-bond acceptors (Lipinski definition) is 4. The lowest BCUT2D eigenvalue weighted by Gasteiger charge is -2.13. The highest BCUT2D eigenvalue weighted by Gasteiger charge is 2.14. The molecule has 3 rings (SSSR count). The van der Waals surface area contributed by atoms with E-state index in [0.717, 1.165) is 28.2 Å². The molecule has 0 spiro atoms. The van der Waals surface area contributed by atoms with Crippen molar-refractivity contribution in [2.45, 2.75) is 20.8 Å². The molecule has 0 aliphatic rings. The molecule has 0 fully saturated rings. The molecule has 2 aromatic carbocycles. The molecule has 1 heterocycles. The van der Waals surface area contributed by atoms with E-state index in [1.165, 1.54) is 7.11 Å². The monoisotopic (exact) mass is 425 g/mol. The lowest BCUT2D eigenvalue weighted by atomic mass is 10.2. The Bertz CT molecular complexity index is 1120. The van der Waals surface area contributed by atoms with Gasteiger partial charge in [-0.25, -0.2) is 5.43 Å². The Morgan fingerprint density at radius 2 is 1.83 bits per heavy atom. The fourth-order valence-electron chi connectivity index (χ4n) is 3.32. The number of hydrogen-bond donors (Lipinski definition) is 1. The van der Waals surface area contributed by atoms with Gasteiger partial charge in [-0.1, -0.05) is 17.7 Å². The summed E-state index contributed by atoms with van der Waals surface area (Å²) in [6.07, 6.45) is 1.63. The lowest BCUT2D eigenvalue weighted by Crippen LogP contribution is -2.18. The van der Waals surface area contributed by atoms with Crippen LogP contribution in [0.5, 0.6) is 11.5 Å². The number of methoxy groups -OCH3 is 2. The third-order valence-corrected chi connectivity index (χ3v) is 5.14. The highest BCUT2D eigenvalue weighted by atomic mass is 35.5. The average molecular weight is 426 g/mol. The lowest BCUT2D eigenvalue weighted by molar-refractivity contribution is 0.0952. The summed E-state index contributed by atoms with van der Waals surface area (Å²) in [5.41, 5.74) is 8.00. The molecule has 1 N–H and O–H groups in total. The molecule has 0 aliphatic heterocycles. The quantitative estimate of drug-likeness (QED) is 0.454. The molecule has 1 amide bonds. The Labute approximate surface area is 181 Å². The van der Waals surface area contributed by atoms with Crippen LogP contribution in [0.2, 0.25) is 5.02 Å². The normalized spacial score (nSPS) is 11.0. The van der Waals surface area contributed by atoms with Crippen molar-refractivity contribution in [2.24, 2.45) is 5.10 Å². The van der Waals surface area contributed by atoms with Crippen LogP contribution in [-0.4, -0.2) is 30.9 Å². The van der Waals surface area contributed by atoms with Crippen molar-refractivity contribution in [3.63, 3.8) is 0 Å². The minimum Gasteiger partial charge on any atom is -0.497 e. The van der Waals surface area contributed by atoms with Gasteiger partial charge >= 0.3 is 0 Å².